The van der Waals surface area contributed by atoms with Crippen LogP contribution in [0.5, 0.6) is 0 Å². The molecular formula is C12H16N2O2. The summed E-state index contributed by atoms with van der Waals surface area (Å²) in [6.07, 6.45) is 0.754. The van der Waals surface area contributed by atoms with Gasteiger partial charge in [-0.25, -0.2) is 0 Å². The summed E-state index contributed by atoms with van der Waals surface area (Å²) in [6, 6.07) is 7.31. The van der Waals surface area contributed by atoms with E-state index in [4.69, 9.17) is 10.5 Å². The van der Waals surface area contributed by atoms with E-state index in [0.717, 1.165) is 43.8 Å². The van der Waals surface area contributed by atoms with Crippen molar-refractivity contribution in [3.8, 4) is 0 Å². The molecule has 1 aliphatic heterocycles. The predicted octanol–water partition coefficient (Wildman–Crippen LogP) is 0.722. The number of nitrogens with two attached hydrogens (primary N) is 1. The lowest BCUT2D eigenvalue weighted by Gasteiger charge is -2.29. The number of hydrogen-bond donors (Lipinski definition) is 1. The van der Waals surface area contributed by atoms with Crippen molar-refractivity contribution < 1.29 is 9.53 Å². The second kappa shape index (κ2) is 5.09. The van der Waals surface area contributed by atoms with Gasteiger partial charge in [0.15, 0.2) is 0 Å². The van der Waals surface area contributed by atoms with Crippen LogP contribution in [0.1, 0.15) is 11.6 Å². The van der Waals surface area contributed by atoms with Crippen molar-refractivity contribution in [3.05, 3.63) is 29.8 Å². The third-order valence-corrected chi connectivity index (χ3v) is 2.80. The minimum absolute atomic E-state index is 0.515. The lowest BCUT2D eigenvalue weighted by atomic mass is 10.1. The van der Waals surface area contributed by atoms with Crippen LogP contribution in [-0.4, -0.2) is 32.6 Å². The van der Waals surface area contributed by atoms with Crippen LogP contribution in [0, 0.1) is 0 Å². The monoisotopic (exact) mass is 220 g/mol. The van der Waals surface area contributed by atoms with Gasteiger partial charge in [-0.15, -0.1) is 0 Å². The molecule has 1 fully saturated rings. The maximum absolute atomic E-state index is 10.5. The smallest absolute Gasteiger partial charge is 0.141 e. The summed E-state index contributed by atoms with van der Waals surface area (Å²) in [5.74, 6) is 0. The number of hydrogen-bond acceptors (Lipinski definition) is 4. The van der Waals surface area contributed by atoms with Crippen LogP contribution < -0.4 is 10.6 Å². The zero-order chi connectivity index (χ0) is 11.4. The Hall–Kier alpha value is -1.39. The lowest BCUT2D eigenvalue weighted by molar-refractivity contribution is -0.109. The standard InChI is InChI=1S/C12H16N2O2/c13-12(9-15)10-1-3-11(4-2-10)14-5-7-16-8-6-14/h1-4,9,12H,5-8,13H2. The molecule has 0 saturated carbocycles. The van der Waals surface area contributed by atoms with E-state index < -0.39 is 6.04 Å². The molecule has 0 amide bonds. The van der Waals surface area contributed by atoms with Gasteiger partial charge in [-0.1, -0.05) is 12.1 Å². The second-order valence-corrected chi connectivity index (χ2v) is 3.85. The summed E-state index contributed by atoms with van der Waals surface area (Å²) in [7, 11) is 0. The number of carbonyl (C=O) groups is 1. The molecule has 4 heteroatoms. The molecule has 2 rings (SSSR count). The Morgan fingerprint density at radius 1 is 1.25 bits per heavy atom. The zero-order valence-electron chi connectivity index (χ0n) is 9.13. The number of benzene rings is 1. The average molecular weight is 220 g/mol. The highest BCUT2D eigenvalue weighted by Crippen LogP contribution is 2.18. The van der Waals surface area contributed by atoms with Gasteiger partial charge >= 0.3 is 0 Å². The van der Waals surface area contributed by atoms with Crippen molar-refractivity contribution in [1.29, 1.82) is 0 Å². The van der Waals surface area contributed by atoms with E-state index >= 15 is 0 Å². The molecule has 4 nitrogen and oxygen atoms in total. The van der Waals surface area contributed by atoms with E-state index in [1.807, 2.05) is 24.3 Å². The molecule has 1 aromatic carbocycles. The van der Waals surface area contributed by atoms with Crippen LogP contribution in [0.25, 0.3) is 0 Å². The molecule has 1 unspecified atom stereocenters. The Kier molecular flexibility index (Phi) is 3.54. The normalized spacial score (nSPS) is 18.2. The van der Waals surface area contributed by atoms with Gasteiger partial charge in [0.25, 0.3) is 0 Å². The molecule has 1 aliphatic rings. The SMILES string of the molecule is NC(C=O)c1ccc(N2CCOCC2)cc1. The van der Waals surface area contributed by atoms with E-state index in [1.165, 1.54) is 0 Å². The predicted molar refractivity (Wildman–Crippen MR) is 62.5 cm³/mol. The first-order chi connectivity index (χ1) is 7.81. The van der Waals surface area contributed by atoms with Gasteiger partial charge in [-0.05, 0) is 17.7 Å². The Labute approximate surface area is 95.0 Å². The van der Waals surface area contributed by atoms with Crippen LogP contribution in [-0.2, 0) is 9.53 Å². The van der Waals surface area contributed by atoms with E-state index in [2.05, 4.69) is 4.90 Å². The van der Waals surface area contributed by atoms with Gasteiger partial charge in [-0.3, -0.25) is 0 Å². The molecule has 0 bridgehead atoms. The summed E-state index contributed by atoms with van der Waals surface area (Å²) in [6.45, 7) is 3.38. The van der Waals surface area contributed by atoms with E-state index in [1.54, 1.807) is 0 Å². The van der Waals surface area contributed by atoms with Crippen molar-refractivity contribution in [2.45, 2.75) is 6.04 Å². The summed E-state index contributed by atoms with van der Waals surface area (Å²) in [5.41, 5.74) is 7.63. The third kappa shape index (κ3) is 2.40. The summed E-state index contributed by atoms with van der Waals surface area (Å²) in [4.78, 5) is 12.8. The second-order valence-electron chi connectivity index (χ2n) is 3.85. The number of morpholine rings is 1. The highest BCUT2D eigenvalue weighted by Gasteiger charge is 2.11. The molecule has 1 atom stereocenters. The van der Waals surface area contributed by atoms with E-state index in [9.17, 15) is 4.79 Å². The number of nitrogens with zero attached hydrogens (tertiary/aromatic N) is 1. The Balaban J connectivity index is 2.08. The molecule has 2 N–H and O–H groups in total. The fourth-order valence-electron chi connectivity index (χ4n) is 1.81. The van der Waals surface area contributed by atoms with Gasteiger partial charge in [-0.2, -0.15) is 0 Å². The van der Waals surface area contributed by atoms with Crippen LogP contribution in [0.2, 0.25) is 0 Å². The maximum Gasteiger partial charge on any atom is 0.141 e. The highest BCUT2D eigenvalue weighted by molar-refractivity contribution is 5.62. The molecule has 1 aromatic rings. The molecular weight excluding hydrogens is 204 g/mol. The first-order valence-corrected chi connectivity index (χ1v) is 5.45. The van der Waals surface area contributed by atoms with Gasteiger partial charge < -0.3 is 20.2 Å². The fourth-order valence-corrected chi connectivity index (χ4v) is 1.81. The van der Waals surface area contributed by atoms with Crippen molar-refractivity contribution in [3.63, 3.8) is 0 Å². The molecule has 1 heterocycles. The average Bonchev–Trinajstić information content (AvgIpc) is 2.39. The van der Waals surface area contributed by atoms with Gasteiger partial charge in [0, 0.05) is 18.8 Å². The van der Waals surface area contributed by atoms with Crippen LogP contribution in [0.15, 0.2) is 24.3 Å². The van der Waals surface area contributed by atoms with Crippen molar-refractivity contribution in [2.24, 2.45) is 5.73 Å². The number of carbonyl (C=O) groups excluding carboxylic acids is 1. The van der Waals surface area contributed by atoms with Crippen LogP contribution in [0.4, 0.5) is 5.69 Å². The molecule has 0 aliphatic carbocycles. The van der Waals surface area contributed by atoms with Crippen molar-refractivity contribution in [2.75, 3.05) is 31.2 Å². The van der Waals surface area contributed by atoms with Crippen molar-refractivity contribution in [1.82, 2.24) is 0 Å². The van der Waals surface area contributed by atoms with Crippen LogP contribution in [0.3, 0.4) is 0 Å². The van der Waals surface area contributed by atoms with E-state index in [-0.39, 0.29) is 0 Å². The topological polar surface area (TPSA) is 55.6 Å². The molecule has 86 valence electrons. The highest BCUT2D eigenvalue weighted by atomic mass is 16.5. The molecule has 16 heavy (non-hydrogen) atoms. The van der Waals surface area contributed by atoms with Crippen LogP contribution >= 0.6 is 0 Å². The molecule has 1 saturated heterocycles. The summed E-state index contributed by atoms with van der Waals surface area (Å²) < 4.78 is 5.29. The largest absolute Gasteiger partial charge is 0.378 e. The Morgan fingerprint density at radius 3 is 2.44 bits per heavy atom. The molecule has 0 radical (unpaired) electrons. The van der Waals surface area contributed by atoms with Gasteiger partial charge in [0.05, 0.1) is 19.3 Å². The summed E-state index contributed by atoms with van der Waals surface area (Å²) >= 11 is 0. The minimum Gasteiger partial charge on any atom is -0.378 e. The minimum atomic E-state index is -0.515. The zero-order valence-corrected chi connectivity index (χ0v) is 9.13. The quantitative estimate of drug-likeness (QED) is 0.763. The van der Waals surface area contributed by atoms with Crippen molar-refractivity contribution >= 4 is 12.0 Å². The first-order valence-electron chi connectivity index (χ1n) is 5.45. The number of aldehydes is 1. The fraction of sp³-hybridized carbons (Fsp3) is 0.417. The Bertz CT molecular complexity index is 345. The first kappa shape index (κ1) is 11.1. The van der Waals surface area contributed by atoms with Gasteiger partial charge in [0.2, 0.25) is 0 Å². The van der Waals surface area contributed by atoms with Gasteiger partial charge in [0.1, 0.15) is 6.29 Å². The molecule has 0 spiro atoms. The Morgan fingerprint density at radius 2 is 1.88 bits per heavy atom. The lowest BCUT2D eigenvalue weighted by Crippen LogP contribution is -2.36. The number of ether oxygens (including phenoxy) is 1. The third-order valence-electron chi connectivity index (χ3n) is 2.80. The number of rotatable bonds is 3. The van der Waals surface area contributed by atoms with E-state index in [0.29, 0.717) is 0 Å². The number of anilines is 1. The maximum atomic E-state index is 10.5. The molecule has 0 aromatic heterocycles. The summed E-state index contributed by atoms with van der Waals surface area (Å²) in [5, 5.41) is 0.